The third kappa shape index (κ3) is 3.46. The SMILES string of the molecule is CCCC(CC)N1CC(C)NCC1CC. The number of piperazine rings is 1. The van der Waals surface area contributed by atoms with Crippen LogP contribution in [0.15, 0.2) is 0 Å². The van der Waals surface area contributed by atoms with Gasteiger partial charge in [0.05, 0.1) is 0 Å². The average molecular weight is 212 g/mol. The van der Waals surface area contributed by atoms with Gasteiger partial charge in [0.25, 0.3) is 0 Å². The zero-order valence-electron chi connectivity index (χ0n) is 10.9. The lowest BCUT2D eigenvalue weighted by Gasteiger charge is -2.43. The van der Waals surface area contributed by atoms with Crippen molar-refractivity contribution in [2.45, 2.75) is 71.5 Å². The molecule has 3 atom stereocenters. The van der Waals surface area contributed by atoms with E-state index in [1.54, 1.807) is 0 Å². The van der Waals surface area contributed by atoms with Gasteiger partial charge < -0.3 is 5.32 Å². The summed E-state index contributed by atoms with van der Waals surface area (Å²) in [5.74, 6) is 0. The Labute approximate surface area is 95.4 Å². The van der Waals surface area contributed by atoms with Gasteiger partial charge in [0.15, 0.2) is 0 Å². The van der Waals surface area contributed by atoms with Crippen LogP contribution in [-0.2, 0) is 0 Å². The van der Waals surface area contributed by atoms with Crippen molar-refractivity contribution >= 4 is 0 Å². The summed E-state index contributed by atoms with van der Waals surface area (Å²) in [6, 6.07) is 2.24. The molecule has 3 unspecified atom stereocenters. The Morgan fingerprint density at radius 3 is 2.60 bits per heavy atom. The molecule has 2 heteroatoms. The van der Waals surface area contributed by atoms with Crippen LogP contribution in [0, 0.1) is 0 Å². The molecule has 0 spiro atoms. The smallest absolute Gasteiger partial charge is 0.0221 e. The van der Waals surface area contributed by atoms with Crippen molar-refractivity contribution in [2.24, 2.45) is 0 Å². The second kappa shape index (κ2) is 6.49. The van der Waals surface area contributed by atoms with E-state index < -0.39 is 0 Å². The minimum absolute atomic E-state index is 0.665. The summed E-state index contributed by atoms with van der Waals surface area (Å²) in [6.45, 7) is 11.7. The molecular formula is C13H28N2. The maximum absolute atomic E-state index is 3.59. The van der Waals surface area contributed by atoms with Crippen LogP contribution in [0.2, 0.25) is 0 Å². The third-order valence-corrected chi connectivity index (χ3v) is 3.69. The summed E-state index contributed by atoms with van der Waals surface area (Å²) >= 11 is 0. The van der Waals surface area contributed by atoms with Gasteiger partial charge in [-0.3, -0.25) is 4.90 Å². The standard InChI is InChI=1S/C13H28N2/c1-5-8-12(6-2)15-10-11(4)14-9-13(15)7-3/h11-14H,5-10H2,1-4H3. The molecule has 0 aromatic rings. The second-order valence-electron chi connectivity index (χ2n) is 4.92. The fourth-order valence-corrected chi connectivity index (χ4v) is 2.75. The highest BCUT2D eigenvalue weighted by Gasteiger charge is 2.28. The highest BCUT2D eigenvalue weighted by Crippen LogP contribution is 2.19. The summed E-state index contributed by atoms with van der Waals surface area (Å²) in [5, 5.41) is 3.59. The van der Waals surface area contributed by atoms with Crippen LogP contribution in [0.4, 0.5) is 0 Å². The predicted octanol–water partition coefficient (Wildman–Crippen LogP) is 2.64. The lowest BCUT2D eigenvalue weighted by atomic mass is 10.00. The van der Waals surface area contributed by atoms with Gasteiger partial charge in [-0.05, 0) is 26.2 Å². The largest absolute Gasteiger partial charge is 0.311 e. The molecule has 1 fully saturated rings. The van der Waals surface area contributed by atoms with E-state index in [1.807, 2.05) is 0 Å². The second-order valence-corrected chi connectivity index (χ2v) is 4.92. The number of rotatable bonds is 5. The molecule has 0 radical (unpaired) electrons. The van der Waals surface area contributed by atoms with Crippen molar-refractivity contribution in [2.75, 3.05) is 13.1 Å². The molecule has 2 nitrogen and oxygen atoms in total. The number of hydrogen-bond donors (Lipinski definition) is 1. The summed E-state index contributed by atoms with van der Waals surface area (Å²) in [6.07, 6.45) is 5.25. The molecule has 0 saturated carbocycles. The van der Waals surface area contributed by atoms with Crippen molar-refractivity contribution in [1.29, 1.82) is 0 Å². The van der Waals surface area contributed by atoms with Crippen LogP contribution in [0.1, 0.15) is 53.4 Å². The normalized spacial score (nSPS) is 30.4. The molecule has 1 rings (SSSR count). The first-order valence-electron chi connectivity index (χ1n) is 6.71. The van der Waals surface area contributed by atoms with Crippen molar-refractivity contribution < 1.29 is 0 Å². The fraction of sp³-hybridized carbons (Fsp3) is 1.00. The molecule has 1 saturated heterocycles. The first-order chi connectivity index (χ1) is 7.22. The Morgan fingerprint density at radius 1 is 1.33 bits per heavy atom. The van der Waals surface area contributed by atoms with Crippen LogP contribution in [0.25, 0.3) is 0 Å². The Hall–Kier alpha value is -0.0800. The van der Waals surface area contributed by atoms with Crippen LogP contribution in [0.3, 0.4) is 0 Å². The predicted molar refractivity (Wildman–Crippen MR) is 67.2 cm³/mol. The van der Waals surface area contributed by atoms with E-state index in [0.717, 1.165) is 12.1 Å². The Balaban J connectivity index is 2.59. The summed E-state index contributed by atoms with van der Waals surface area (Å²) in [7, 11) is 0. The first-order valence-corrected chi connectivity index (χ1v) is 6.71. The highest BCUT2D eigenvalue weighted by molar-refractivity contribution is 4.87. The molecule has 90 valence electrons. The number of hydrogen-bond acceptors (Lipinski definition) is 2. The van der Waals surface area contributed by atoms with E-state index in [-0.39, 0.29) is 0 Å². The summed E-state index contributed by atoms with van der Waals surface area (Å²) in [5.41, 5.74) is 0. The van der Waals surface area contributed by atoms with E-state index in [1.165, 1.54) is 38.8 Å². The third-order valence-electron chi connectivity index (χ3n) is 3.69. The van der Waals surface area contributed by atoms with Gasteiger partial charge in [-0.1, -0.05) is 27.2 Å². The van der Waals surface area contributed by atoms with E-state index in [2.05, 4.69) is 37.9 Å². The molecule has 15 heavy (non-hydrogen) atoms. The van der Waals surface area contributed by atoms with Gasteiger partial charge in [0.1, 0.15) is 0 Å². The van der Waals surface area contributed by atoms with Crippen molar-refractivity contribution in [3.8, 4) is 0 Å². The maximum atomic E-state index is 3.59. The quantitative estimate of drug-likeness (QED) is 0.753. The van der Waals surface area contributed by atoms with E-state index >= 15 is 0 Å². The van der Waals surface area contributed by atoms with Crippen LogP contribution < -0.4 is 5.32 Å². The van der Waals surface area contributed by atoms with Crippen molar-refractivity contribution in [3.63, 3.8) is 0 Å². The zero-order valence-corrected chi connectivity index (χ0v) is 10.9. The van der Waals surface area contributed by atoms with Crippen molar-refractivity contribution in [1.82, 2.24) is 10.2 Å². The van der Waals surface area contributed by atoms with Crippen LogP contribution in [0.5, 0.6) is 0 Å². The topological polar surface area (TPSA) is 15.3 Å². The van der Waals surface area contributed by atoms with Gasteiger partial charge in [0.2, 0.25) is 0 Å². The van der Waals surface area contributed by atoms with E-state index in [0.29, 0.717) is 6.04 Å². The zero-order chi connectivity index (χ0) is 11.3. The van der Waals surface area contributed by atoms with Crippen LogP contribution >= 0.6 is 0 Å². The summed E-state index contributed by atoms with van der Waals surface area (Å²) in [4.78, 5) is 2.75. The Bertz CT molecular complexity index is 170. The molecule has 1 heterocycles. The molecule has 1 aliphatic rings. The minimum atomic E-state index is 0.665. The van der Waals surface area contributed by atoms with Gasteiger partial charge in [-0.2, -0.15) is 0 Å². The maximum Gasteiger partial charge on any atom is 0.0221 e. The molecule has 0 amide bonds. The molecule has 1 aliphatic heterocycles. The monoisotopic (exact) mass is 212 g/mol. The number of nitrogens with zero attached hydrogens (tertiary/aromatic N) is 1. The molecule has 1 N–H and O–H groups in total. The van der Waals surface area contributed by atoms with E-state index in [4.69, 9.17) is 0 Å². The molecule has 0 aliphatic carbocycles. The lowest BCUT2D eigenvalue weighted by molar-refractivity contribution is 0.0753. The van der Waals surface area contributed by atoms with E-state index in [9.17, 15) is 0 Å². The molecule has 0 aromatic carbocycles. The van der Waals surface area contributed by atoms with Crippen LogP contribution in [-0.4, -0.2) is 36.1 Å². The molecule has 0 aromatic heterocycles. The van der Waals surface area contributed by atoms with Gasteiger partial charge >= 0.3 is 0 Å². The van der Waals surface area contributed by atoms with Crippen molar-refractivity contribution in [3.05, 3.63) is 0 Å². The van der Waals surface area contributed by atoms with Gasteiger partial charge in [-0.25, -0.2) is 0 Å². The highest BCUT2D eigenvalue weighted by atomic mass is 15.2. The Morgan fingerprint density at radius 2 is 2.07 bits per heavy atom. The summed E-state index contributed by atoms with van der Waals surface area (Å²) < 4.78 is 0. The molecular weight excluding hydrogens is 184 g/mol. The van der Waals surface area contributed by atoms with Gasteiger partial charge in [-0.15, -0.1) is 0 Å². The average Bonchev–Trinajstić information content (AvgIpc) is 2.26. The number of nitrogens with one attached hydrogen (secondary N) is 1. The minimum Gasteiger partial charge on any atom is -0.311 e. The lowest BCUT2D eigenvalue weighted by Crippen LogP contribution is -2.58. The first kappa shape index (κ1) is 13.0. The molecule has 0 bridgehead atoms. The fourth-order valence-electron chi connectivity index (χ4n) is 2.75. The Kier molecular flexibility index (Phi) is 5.62. The van der Waals surface area contributed by atoms with Gasteiger partial charge in [0, 0.05) is 31.2 Å².